The van der Waals surface area contributed by atoms with Gasteiger partial charge in [0.25, 0.3) is 0 Å². The summed E-state index contributed by atoms with van der Waals surface area (Å²) in [7, 11) is 1.68. The van der Waals surface area contributed by atoms with Gasteiger partial charge in [0.2, 0.25) is 5.91 Å². The Morgan fingerprint density at radius 2 is 1.81 bits per heavy atom. The van der Waals surface area contributed by atoms with Crippen LogP contribution in [0.5, 0.6) is 5.75 Å². The van der Waals surface area contributed by atoms with Crippen molar-refractivity contribution in [1.82, 2.24) is 10.2 Å². The average Bonchev–Trinajstić information content (AvgIpc) is 2.72. The second kappa shape index (κ2) is 8.91. The normalized spacial score (nSPS) is 16.0. The molecule has 1 amide bonds. The van der Waals surface area contributed by atoms with Crippen LogP contribution in [0.4, 0.5) is 5.69 Å². The predicted octanol–water partition coefficient (Wildman–Crippen LogP) is 2.83. The quantitative estimate of drug-likeness (QED) is 0.853. The molecule has 1 aliphatic rings. The van der Waals surface area contributed by atoms with Crippen LogP contribution in [0.3, 0.4) is 0 Å². The fourth-order valence-electron chi connectivity index (χ4n) is 3.49. The van der Waals surface area contributed by atoms with Crippen LogP contribution in [0.25, 0.3) is 0 Å². The highest BCUT2D eigenvalue weighted by Crippen LogP contribution is 2.21. The summed E-state index contributed by atoms with van der Waals surface area (Å²) in [6.45, 7) is 8.24. The molecular formula is C22H29N3O2. The highest BCUT2D eigenvalue weighted by molar-refractivity contribution is 5.81. The number of piperazine rings is 1. The Morgan fingerprint density at radius 1 is 1.11 bits per heavy atom. The summed E-state index contributed by atoms with van der Waals surface area (Å²) >= 11 is 0. The van der Waals surface area contributed by atoms with E-state index in [0.29, 0.717) is 6.54 Å². The number of anilines is 1. The van der Waals surface area contributed by atoms with Crippen molar-refractivity contribution in [3.63, 3.8) is 0 Å². The van der Waals surface area contributed by atoms with Crippen molar-refractivity contribution >= 4 is 11.6 Å². The first kappa shape index (κ1) is 19.2. The minimum atomic E-state index is -0.118. The molecule has 27 heavy (non-hydrogen) atoms. The molecular weight excluding hydrogens is 338 g/mol. The number of nitrogens with one attached hydrogen (secondary N) is 1. The van der Waals surface area contributed by atoms with Gasteiger partial charge in [-0.15, -0.1) is 0 Å². The zero-order valence-electron chi connectivity index (χ0n) is 16.4. The number of methoxy groups -OCH3 is 1. The van der Waals surface area contributed by atoms with E-state index in [9.17, 15) is 4.79 Å². The van der Waals surface area contributed by atoms with Crippen molar-refractivity contribution in [1.29, 1.82) is 0 Å². The first-order valence-corrected chi connectivity index (χ1v) is 9.53. The maximum atomic E-state index is 12.5. The van der Waals surface area contributed by atoms with Crippen molar-refractivity contribution < 1.29 is 9.53 Å². The highest BCUT2D eigenvalue weighted by Gasteiger charge is 2.25. The molecule has 1 atom stereocenters. The molecule has 0 aliphatic carbocycles. The van der Waals surface area contributed by atoms with Gasteiger partial charge in [-0.05, 0) is 43.7 Å². The Labute approximate surface area is 161 Å². The molecule has 0 radical (unpaired) electrons. The van der Waals surface area contributed by atoms with Gasteiger partial charge in [0.1, 0.15) is 5.75 Å². The van der Waals surface area contributed by atoms with Crippen molar-refractivity contribution in [3.8, 4) is 5.75 Å². The van der Waals surface area contributed by atoms with E-state index in [2.05, 4.69) is 46.3 Å². The van der Waals surface area contributed by atoms with Crippen LogP contribution in [0, 0.1) is 6.92 Å². The summed E-state index contributed by atoms with van der Waals surface area (Å²) in [4.78, 5) is 17.2. The lowest BCUT2D eigenvalue weighted by Gasteiger charge is -2.38. The van der Waals surface area contributed by atoms with Gasteiger partial charge in [-0.3, -0.25) is 9.69 Å². The van der Waals surface area contributed by atoms with E-state index in [-0.39, 0.29) is 11.9 Å². The number of ether oxygens (including phenoxy) is 1. The summed E-state index contributed by atoms with van der Waals surface area (Å²) in [5.74, 6) is 0.964. The molecule has 5 nitrogen and oxygen atoms in total. The molecule has 1 fully saturated rings. The highest BCUT2D eigenvalue weighted by atomic mass is 16.5. The molecule has 1 unspecified atom stereocenters. The van der Waals surface area contributed by atoms with Gasteiger partial charge in [0, 0.05) is 38.4 Å². The van der Waals surface area contributed by atoms with Crippen LogP contribution >= 0.6 is 0 Å². The second-order valence-electron chi connectivity index (χ2n) is 7.10. The van der Waals surface area contributed by atoms with Crippen molar-refractivity contribution in [3.05, 3.63) is 59.7 Å². The minimum Gasteiger partial charge on any atom is -0.497 e. The molecule has 144 valence electrons. The van der Waals surface area contributed by atoms with Crippen LogP contribution in [0.15, 0.2) is 48.5 Å². The summed E-state index contributed by atoms with van der Waals surface area (Å²) in [5.41, 5.74) is 3.55. The van der Waals surface area contributed by atoms with Gasteiger partial charge >= 0.3 is 0 Å². The Hall–Kier alpha value is -2.53. The van der Waals surface area contributed by atoms with Gasteiger partial charge in [-0.25, -0.2) is 0 Å². The van der Waals surface area contributed by atoms with Gasteiger partial charge in [-0.1, -0.05) is 29.8 Å². The fraction of sp³-hybridized carbons (Fsp3) is 0.409. The standard InChI is InChI=1S/C22H29N3O2/c1-17-5-4-6-19(15-17)16-23-22(26)18(2)24-11-13-25(14-12-24)20-7-9-21(27-3)10-8-20/h4-10,15,18H,11-14,16H2,1-3H3,(H,23,26). The first-order chi connectivity index (χ1) is 13.1. The van der Waals surface area contributed by atoms with Crippen LogP contribution in [-0.2, 0) is 11.3 Å². The molecule has 1 heterocycles. The molecule has 3 rings (SSSR count). The fourth-order valence-corrected chi connectivity index (χ4v) is 3.49. The molecule has 2 aromatic rings. The summed E-state index contributed by atoms with van der Waals surface area (Å²) in [6.07, 6.45) is 0. The van der Waals surface area contributed by atoms with E-state index in [1.165, 1.54) is 11.3 Å². The van der Waals surface area contributed by atoms with Crippen LogP contribution in [0.2, 0.25) is 0 Å². The topological polar surface area (TPSA) is 44.8 Å². The largest absolute Gasteiger partial charge is 0.497 e. The summed E-state index contributed by atoms with van der Waals surface area (Å²) in [5, 5.41) is 3.07. The third kappa shape index (κ3) is 5.01. The van der Waals surface area contributed by atoms with Crippen molar-refractivity contribution in [2.24, 2.45) is 0 Å². The van der Waals surface area contributed by atoms with E-state index in [1.807, 2.05) is 31.2 Å². The van der Waals surface area contributed by atoms with Crippen LogP contribution in [-0.4, -0.2) is 50.1 Å². The summed E-state index contributed by atoms with van der Waals surface area (Å²) < 4.78 is 5.22. The van der Waals surface area contributed by atoms with Crippen molar-refractivity contribution in [2.45, 2.75) is 26.4 Å². The maximum absolute atomic E-state index is 12.5. The number of amides is 1. The van der Waals surface area contributed by atoms with E-state index in [1.54, 1.807) is 7.11 Å². The molecule has 1 aliphatic heterocycles. The lowest BCUT2D eigenvalue weighted by atomic mass is 10.1. The molecule has 0 bridgehead atoms. The van der Waals surface area contributed by atoms with Crippen LogP contribution < -0.4 is 15.0 Å². The maximum Gasteiger partial charge on any atom is 0.237 e. The number of nitrogens with zero attached hydrogens (tertiary/aromatic N) is 2. The molecule has 1 saturated heterocycles. The van der Waals surface area contributed by atoms with E-state index >= 15 is 0 Å². The Kier molecular flexibility index (Phi) is 6.35. The van der Waals surface area contributed by atoms with Gasteiger partial charge < -0.3 is 15.0 Å². The average molecular weight is 367 g/mol. The van der Waals surface area contributed by atoms with E-state index < -0.39 is 0 Å². The Morgan fingerprint density at radius 3 is 2.44 bits per heavy atom. The zero-order chi connectivity index (χ0) is 19.2. The molecule has 5 heteroatoms. The Bertz CT molecular complexity index is 752. The third-order valence-corrected chi connectivity index (χ3v) is 5.23. The molecule has 0 saturated carbocycles. The Balaban J connectivity index is 1.48. The number of aryl methyl sites for hydroxylation is 1. The monoisotopic (exact) mass is 367 g/mol. The smallest absolute Gasteiger partial charge is 0.237 e. The summed E-state index contributed by atoms with van der Waals surface area (Å²) in [6, 6.07) is 16.3. The van der Waals surface area contributed by atoms with Gasteiger partial charge in [0.05, 0.1) is 13.2 Å². The molecule has 2 aromatic carbocycles. The SMILES string of the molecule is COc1ccc(N2CCN(C(C)C(=O)NCc3cccc(C)c3)CC2)cc1. The first-order valence-electron chi connectivity index (χ1n) is 9.53. The second-order valence-corrected chi connectivity index (χ2v) is 7.10. The predicted molar refractivity (Wildman–Crippen MR) is 109 cm³/mol. The lowest BCUT2D eigenvalue weighted by molar-refractivity contribution is -0.126. The zero-order valence-corrected chi connectivity index (χ0v) is 16.4. The third-order valence-electron chi connectivity index (χ3n) is 5.23. The minimum absolute atomic E-state index is 0.0920. The van der Waals surface area contributed by atoms with Gasteiger partial charge in [0.15, 0.2) is 0 Å². The molecule has 0 aromatic heterocycles. The number of benzene rings is 2. The number of rotatable bonds is 6. The van der Waals surface area contributed by atoms with E-state index in [4.69, 9.17) is 4.74 Å². The number of hydrogen-bond donors (Lipinski definition) is 1. The number of hydrogen-bond acceptors (Lipinski definition) is 4. The van der Waals surface area contributed by atoms with Crippen molar-refractivity contribution in [2.75, 3.05) is 38.2 Å². The van der Waals surface area contributed by atoms with Gasteiger partial charge in [-0.2, -0.15) is 0 Å². The van der Waals surface area contributed by atoms with E-state index in [0.717, 1.165) is 37.5 Å². The number of carbonyl (C=O) groups excluding carboxylic acids is 1. The van der Waals surface area contributed by atoms with Crippen LogP contribution in [0.1, 0.15) is 18.1 Å². The molecule has 1 N–H and O–H groups in total. The lowest BCUT2D eigenvalue weighted by Crippen LogP contribution is -2.53. The molecule has 0 spiro atoms. The number of carbonyl (C=O) groups is 1.